The van der Waals surface area contributed by atoms with Gasteiger partial charge in [-0.3, -0.25) is 14.4 Å². The fourth-order valence-corrected chi connectivity index (χ4v) is 2.84. The smallest absolute Gasteiger partial charge is 0.458 e. The molecule has 0 saturated carbocycles. The van der Waals surface area contributed by atoms with Crippen LogP contribution in [0.4, 0.5) is 4.79 Å². The molecule has 0 aromatic heterocycles. The zero-order valence-corrected chi connectivity index (χ0v) is 21.3. The molecule has 0 amide bonds. The Bertz CT molecular complexity index is 866. The Hall–Kier alpha value is -3.14. The Morgan fingerprint density at radius 3 is 1.97 bits per heavy atom. The third-order valence-corrected chi connectivity index (χ3v) is 4.38. The average Bonchev–Trinajstić information content (AvgIpc) is 2.73. The van der Waals surface area contributed by atoms with Crippen molar-refractivity contribution in [3.8, 4) is 11.5 Å². The molecular formula is C25H37NO9. The highest BCUT2D eigenvalue weighted by molar-refractivity contribution is 5.77. The molecule has 2 atom stereocenters. The molecule has 0 aliphatic heterocycles. The van der Waals surface area contributed by atoms with Crippen LogP contribution in [0.1, 0.15) is 59.9 Å². The number of rotatable bonds is 13. The zero-order chi connectivity index (χ0) is 26.5. The molecule has 10 heteroatoms. The van der Waals surface area contributed by atoms with Gasteiger partial charge < -0.3 is 29.4 Å². The molecular weight excluding hydrogens is 458 g/mol. The first-order valence-electron chi connectivity index (χ1n) is 11.7. The van der Waals surface area contributed by atoms with Crippen molar-refractivity contribution in [2.24, 2.45) is 17.6 Å². The number of hydrogen-bond acceptors (Lipinski definition) is 10. The molecule has 0 unspecified atom stereocenters. The topological polar surface area (TPSA) is 140 Å². The summed E-state index contributed by atoms with van der Waals surface area (Å²) < 4.78 is 25.5. The van der Waals surface area contributed by atoms with Crippen molar-refractivity contribution in [1.29, 1.82) is 0 Å². The van der Waals surface area contributed by atoms with Crippen LogP contribution in [0.2, 0.25) is 0 Å². The fraction of sp³-hybridized carbons (Fsp3) is 0.600. The van der Waals surface area contributed by atoms with Crippen LogP contribution in [0, 0.1) is 11.8 Å². The molecule has 1 aromatic rings. The summed E-state index contributed by atoms with van der Waals surface area (Å²) in [6, 6.07) is 3.60. The van der Waals surface area contributed by atoms with Gasteiger partial charge in [-0.1, -0.05) is 33.8 Å². The van der Waals surface area contributed by atoms with Gasteiger partial charge in [0.15, 0.2) is 11.5 Å². The van der Waals surface area contributed by atoms with Crippen molar-refractivity contribution >= 4 is 24.1 Å². The highest BCUT2D eigenvalue weighted by Gasteiger charge is 2.22. The Kier molecular flexibility index (Phi) is 12.8. The summed E-state index contributed by atoms with van der Waals surface area (Å²) in [5, 5.41) is 0. The van der Waals surface area contributed by atoms with E-state index in [9.17, 15) is 19.2 Å². The first-order valence-corrected chi connectivity index (χ1v) is 11.7. The molecule has 196 valence electrons. The van der Waals surface area contributed by atoms with Gasteiger partial charge in [-0.05, 0) is 49.8 Å². The number of carbonyl (C=O) groups excluding carboxylic acids is 4. The second-order valence-corrected chi connectivity index (χ2v) is 8.98. The predicted octanol–water partition coefficient (Wildman–Crippen LogP) is 3.56. The van der Waals surface area contributed by atoms with Crippen LogP contribution in [0.5, 0.6) is 11.5 Å². The number of benzene rings is 1. The molecule has 0 heterocycles. The molecule has 1 aromatic carbocycles. The second kappa shape index (κ2) is 15.0. The van der Waals surface area contributed by atoms with Crippen LogP contribution < -0.4 is 15.2 Å². The Labute approximate surface area is 206 Å². The van der Waals surface area contributed by atoms with Crippen LogP contribution in [0.15, 0.2) is 18.2 Å². The van der Waals surface area contributed by atoms with E-state index >= 15 is 0 Å². The van der Waals surface area contributed by atoms with E-state index in [4.69, 9.17) is 24.7 Å². The molecule has 10 nitrogen and oxygen atoms in total. The Balaban J connectivity index is 2.88. The quantitative estimate of drug-likeness (QED) is 0.319. The minimum atomic E-state index is -1.03. The van der Waals surface area contributed by atoms with Gasteiger partial charge in [0.1, 0.15) is 18.8 Å². The van der Waals surface area contributed by atoms with E-state index in [-0.39, 0.29) is 55.8 Å². The summed E-state index contributed by atoms with van der Waals surface area (Å²) in [6.45, 7) is 10.7. The number of esters is 3. The largest absolute Gasteiger partial charge is 0.508 e. The van der Waals surface area contributed by atoms with Gasteiger partial charge in [0.05, 0.1) is 6.61 Å². The molecule has 0 aliphatic carbocycles. The van der Waals surface area contributed by atoms with Gasteiger partial charge in [0, 0.05) is 12.8 Å². The van der Waals surface area contributed by atoms with Crippen molar-refractivity contribution in [1.82, 2.24) is 0 Å². The second-order valence-electron chi connectivity index (χ2n) is 8.98. The molecule has 0 saturated heterocycles. The SMILES string of the molecule is CCOC(=O)OC[C@H](C)OC(=O)[C@@H](N)Cc1ccc(OC(=O)CC(C)C)c(OC(=O)CC(C)C)c1. The lowest BCUT2D eigenvalue weighted by Gasteiger charge is -2.18. The van der Waals surface area contributed by atoms with Gasteiger partial charge in [-0.25, -0.2) is 4.79 Å². The maximum Gasteiger partial charge on any atom is 0.508 e. The number of hydrogen-bond donors (Lipinski definition) is 1. The Morgan fingerprint density at radius 2 is 1.43 bits per heavy atom. The average molecular weight is 496 g/mol. The van der Waals surface area contributed by atoms with Crippen LogP contribution in [-0.4, -0.2) is 49.4 Å². The molecule has 0 spiro atoms. The van der Waals surface area contributed by atoms with E-state index in [1.165, 1.54) is 12.1 Å². The van der Waals surface area contributed by atoms with E-state index in [1.807, 2.05) is 27.7 Å². The van der Waals surface area contributed by atoms with E-state index in [1.54, 1.807) is 19.9 Å². The van der Waals surface area contributed by atoms with Gasteiger partial charge in [-0.2, -0.15) is 0 Å². The summed E-state index contributed by atoms with van der Waals surface area (Å²) in [5.74, 6) is -1.26. The summed E-state index contributed by atoms with van der Waals surface area (Å²) in [4.78, 5) is 48.0. The van der Waals surface area contributed by atoms with Crippen LogP contribution in [-0.2, 0) is 35.0 Å². The minimum Gasteiger partial charge on any atom is -0.458 e. The maximum absolute atomic E-state index is 12.4. The van der Waals surface area contributed by atoms with E-state index in [0.29, 0.717) is 5.56 Å². The van der Waals surface area contributed by atoms with Crippen molar-refractivity contribution < 1.29 is 42.9 Å². The number of carbonyl (C=O) groups is 4. The predicted molar refractivity (Wildman–Crippen MR) is 127 cm³/mol. The summed E-state index contributed by atoms with van der Waals surface area (Å²) in [7, 11) is 0. The maximum atomic E-state index is 12.4. The monoisotopic (exact) mass is 495 g/mol. The van der Waals surface area contributed by atoms with E-state index in [0.717, 1.165) is 0 Å². The molecule has 0 bridgehead atoms. The first-order chi connectivity index (χ1) is 16.4. The Morgan fingerprint density at radius 1 is 0.857 bits per heavy atom. The van der Waals surface area contributed by atoms with Crippen molar-refractivity contribution in [2.75, 3.05) is 13.2 Å². The summed E-state index contributed by atoms with van der Waals surface area (Å²) in [5.41, 5.74) is 6.56. The highest BCUT2D eigenvalue weighted by atomic mass is 16.7. The molecule has 0 radical (unpaired) electrons. The van der Waals surface area contributed by atoms with Gasteiger partial charge in [-0.15, -0.1) is 0 Å². The van der Waals surface area contributed by atoms with Crippen LogP contribution in [0.3, 0.4) is 0 Å². The van der Waals surface area contributed by atoms with Crippen molar-refractivity contribution in [3.05, 3.63) is 23.8 Å². The standard InChI is InChI=1S/C25H37NO9/c1-7-31-25(30)32-14-17(6)33-24(29)19(26)12-18-8-9-20(34-22(27)10-15(2)3)21(13-18)35-23(28)11-16(4)5/h8-9,13,15-17,19H,7,10-12,14,26H2,1-6H3/t17-,19-/m0/s1. The lowest BCUT2D eigenvalue weighted by atomic mass is 10.1. The molecule has 1 rings (SSSR count). The summed E-state index contributed by atoms with van der Waals surface area (Å²) >= 11 is 0. The third kappa shape index (κ3) is 12.2. The molecule has 2 N–H and O–H groups in total. The van der Waals surface area contributed by atoms with E-state index in [2.05, 4.69) is 4.74 Å². The van der Waals surface area contributed by atoms with Gasteiger partial charge >= 0.3 is 24.1 Å². The normalized spacial score (nSPS) is 12.6. The molecule has 35 heavy (non-hydrogen) atoms. The number of ether oxygens (including phenoxy) is 5. The molecule has 0 aliphatic rings. The van der Waals surface area contributed by atoms with Gasteiger partial charge in [0.25, 0.3) is 0 Å². The third-order valence-electron chi connectivity index (χ3n) is 4.38. The van der Waals surface area contributed by atoms with Crippen molar-refractivity contribution in [2.45, 2.75) is 73.0 Å². The zero-order valence-electron chi connectivity index (χ0n) is 21.3. The summed E-state index contributed by atoms with van der Waals surface area (Å²) in [6.07, 6.45) is -1.13. The van der Waals surface area contributed by atoms with E-state index < -0.39 is 36.2 Å². The first kappa shape index (κ1) is 29.9. The number of nitrogens with two attached hydrogens (primary N) is 1. The lowest BCUT2D eigenvalue weighted by molar-refractivity contribution is -0.152. The van der Waals surface area contributed by atoms with Crippen LogP contribution in [0.25, 0.3) is 0 Å². The molecule has 0 fully saturated rings. The lowest BCUT2D eigenvalue weighted by Crippen LogP contribution is -2.37. The highest BCUT2D eigenvalue weighted by Crippen LogP contribution is 2.30. The fourth-order valence-electron chi connectivity index (χ4n) is 2.84. The van der Waals surface area contributed by atoms with Crippen molar-refractivity contribution in [3.63, 3.8) is 0 Å². The van der Waals surface area contributed by atoms with Gasteiger partial charge in [0.2, 0.25) is 0 Å². The minimum absolute atomic E-state index is 0.0687. The van der Waals surface area contributed by atoms with Crippen LogP contribution >= 0.6 is 0 Å².